The van der Waals surface area contributed by atoms with Gasteiger partial charge in [-0.05, 0) is 153 Å². The molecule has 0 radical (unpaired) electrons. The van der Waals surface area contributed by atoms with Crippen LogP contribution in [-0.4, -0.2) is 0 Å². The molecular weight excluding hydrogens is 649 g/mol. The molecule has 0 N–H and O–H groups in total. The van der Waals surface area contributed by atoms with Crippen LogP contribution in [0.2, 0.25) is 0 Å². The van der Waals surface area contributed by atoms with E-state index in [9.17, 15) is 0 Å². The Balaban J connectivity index is 1.38. The molecule has 0 atom stereocenters. The van der Waals surface area contributed by atoms with E-state index in [2.05, 4.69) is 203 Å². The third kappa shape index (κ3) is 4.91. The topological polar surface area (TPSA) is 0 Å². The van der Waals surface area contributed by atoms with E-state index in [0.29, 0.717) is 0 Å². The third-order valence-electron chi connectivity index (χ3n) is 11.9. The molecule has 0 saturated heterocycles. The number of hydrogen-bond acceptors (Lipinski definition) is 0. The first-order valence-electron chi connectivity index (χ1n) is 19.0. The molecule has 0 spiro atoms. The van der Waals surface area contributed by atoms with E-state index in [4.69, 9.17) is 0 Å². The van der Waals surface area contributed by atoms with Gasteiger partial charge in [-0.1, -0.05) is 160 Å². The molecule has 1 aliphatic carbocycles. The second-order valence-corrected chi connectivity index (χ2v) is 15.3. The monoisotopic (exact) mass is 688 g/mol. The van der Waals surface area contributed by atoms with Crippen LogP contribution < -0.4 is 0 Å². The zero-order valence-electron chi connectivity index (χ0n) is 31.0. The summed E-state index contributed by atoms with van der Waals surface area (Å²) in [7, 11) is 0. The molecule has 0 fully saturated rings. The largest absolute Gasteiger partial charge is 0.0984 e. The maximum Gasteiger partial charge on any atom is 0.0158 e. The van der Waals surface area contributed by atoms with Crippen LogP contribution in [0.3, 0.4) is 0 Å². The van der Waals surface area contributed by atoms with Gasteiger partial charge in [0.25, 0.3) is 0 Å². The van der Waals surface area contributed by atoms with Crippen molar-refractivity contribution in [3.8, 4) is 33.4 Å². The van der Waals surface area contributed by atoms with Crippen LogP contribution in [0.5, 0.6) is 0 Å². The molecule has 0 heterocycles. The van der Waals surface area contributed by atoms with E-state index in [-0.39, 0.29) is 5.41 Å². The van der Waals surface area contributed by atoms with Gasteiger partial charge in [0, 0.05) is 5.41 Å². The van der Waals surface area contributed by atoms with Gasteiger partial charge in [0.2, 0.25) is 0 Å². The normalized spacial score (nSPS) is 13.9. The van der Waals surface area contributed by atoms with Crippen molar-refractivity contribution >= 4 is 59.4 Å². The minimum atomic E-state index is -0.189. The molecule has 0 amide bonds. The maximum atomic E-state index is 4.34. The van der Waals surface area contributed by atoms with Gasteiger partial charge < -0.3 is 0 Å². The summed E-state index contributed by atoms with van der Waals surface area (Å²) in [5, 5.41) is 12.5. The second-order valence-electron chi connectivity index (χ2n) is 15.3. The molecule has 9 aromatic rings. The molecule has 9 aromatic carbocycles. The Kier molecular flexibility index (Phi) is 7.32. The quantitative estimate of drug-likeness (QED) is 0.158. The van der Waals surface area contributed by atoms with Crippen molar-refractivity contribution < 1.29 is 0 Å². The number of rotatable bonds is 5. The Hall–Kier alpha value is -6.50. The van der Waals surface area contributed by atoms with Crippen LogP contribution in [-0.2, 0) is 5.41 Å². The molecule has 256 valence electrons. The summed E-state index contributed by atoms with van der Waals surface area (Å²) in [4.78, 5) is 0. The molecule has 0 aliphatic heterocycles. The average molecular weight is 689 g/mol. The second kappa shape index (κ2) is 12.3. The molecule has 0 unspecified atom stereocenters. The first-order chi connectivity index (χ1) is 26.4. The Labute approximate surface area is 317 Å². The Morgan fingerprint density at radius 3 is 1.44 bits per heavy atom. The SMILES string of the molecule is C=CC1=C(/C=C\C)C(C)(C)c2cc3c(-c4ccc5ccccc5c4)c4cc(-c5ccc6ccccc6c5)ccc4c(-c4ccc5ccccc5c4)c3cc21. The van der Waals surface area contributed by atoms with Crippen molar-refractivity contribution in [2.24, 2.45) is 0 Å². The highest BCUT2D eigenvalue weighted by molar-refractivity contribution is 6.23. The predicted octanol–water partition coefficient (Wildman–Crippen LogP) is 15.3. The number of benzene rings is 9. The molecule has 10 rings (SSSR count). The van der Waals surface area contributed by atoms with Crippen molar-refractivity contribution in [2.75, 3.05) is 0 Å². The first kappa shape index (κ1) is 32.2. The predicted molar refractivity (Wildman–Crippen MR) is 235 cm³/mol. The lowest BCUT2D eigenvalue weighted by molar-refractivity contribution is 0.655. The minimum Gasteiger partial charge on any atom is -0.0984 e. The molecule has 0 aromatic heterocycles. The van der Waals surface area contributed by atoms with Crippen molar-refractivity contribution in [1.29, 1.82) is 0 Å². The van der Waals surface area contributed by atoms with E-state index in [1.165, 1.54) is 110 Å². The van der Waals surface area contributed by atoms with Crippen molar-refractivity contribution in [1.82, 2.24) is 0 Å². The number of hydrogen-bond donors (Lipinski definition) is 0. The molecule has 0 heteroatoms. The first-order valence-corrected chi connectivity index (χ1v) is 19.0. The fraction of sp³-hybridized carbons (Fsp3) is 0.0741. The Morgan fingerprint density at radius 2 is 0.889 bits per heavy atom. The lowest BCUT2D eigenvalue weighted by Gasteiger charge is -2.25. The smallest absolute Gasteiger partial charge is 0.0158 e. The number of fused-ring (bicyclic) bond motifs is 6. The molecule has 0 bridgehead atoms. The van der Waals surface area contributed by atoms with E-state index in [1.807, 2.05) is 0 Å². The summed E-state index contributed by atoms with van der Waals surface area (Å²) < 4.78 is 0. The maximum absolute atomic E-state index is 4.34. The van der Waals surface area contributed by atoms with Gasteiger partial charge in [0.15, 0.2) is 0 Å². The van der Waals surface area contributed by atoms with Crippen LogP contribution >= 0.6 is 0 Å². The fourth-order valence-electron chi connectivity index (χ4n) is 9.18. The average Bonchev–Trinajstić information content (AvgIpc) is 3.42. The van der Waals surface area contributed by atoms with Crippen LogP contribution in [0.1, 0.15) is 31.9 Å². The van der Waals surface area contributed by atoms with Gasteiger partial charge in [0.1, 0.15) is 0 Å². The van der Waals surface area contributed by atoms with Gasteiger partial charge in [-0.3, -0.25) is 0 Å². The zero-order valence-corrected chi connectivity index (χ0v) is 31.0. The molecule has 54 heavy (non-hydrogen) atoms. The molecule has 0 nitrogen and oxygen atoms in total. The van der Waals surface area contributed by atoms with Gasteiger partial charge in [0.05, 0.1) is 0 Å². The van der Waals surface area contributed by atoms with E-state index in [1.54, 1.807) is 0 Å². The van der Waals surface area contributed by atoms with Crippen LogP contribution in [0.25, 0.3) is 92.8 Å². The van der Waals surface area contributed by atoms with Gasteiger partial charge in [-0.2, -0.15) is 0 Å². The standard InChI is InChI=1S/C54H40/c1-5-13-50-44(6-2)46-32-48-49(33-51(46)54(50,3)4)53(43-25-22-36-16-9-12-19-39(36)30-43)47-31-41(40-23-20-34-14-7-10-17-37(34)28-40)26-27-45(47)52(48)42-24-21-35-15-8-11-18-38(35)29-42/h5-33H,2H2,1,3-4H3/b13-5-. The summed E-state index contributed by atoms with van der Waals surface area (Å²) in [6, 6.07) is 59.0. The summed E-state index contributed by atoms with van der Waals surface area (Å²) in [6.07, 6.45) is 6.50. The summed E-state index contributed by atoms with van der Waals surface area (Å²) in [5.74, 6) is 0. The van der Waals surface area contributed by atoms with Crippen LogP contribution in [0.4, 0.5) is 0 Å². The summed E-state index contributed by atoms with van der Waals surface area (Å²) >= 11 is 0. The van der Waals surface area contributed by atoms with Crippen molar-refractivity contribution in [3.63, 3.8) is 0 Å². The highest BCUT2D eigenvalue weighted by atomic mass is 14.4. The summed E-state index contributed by atoms with van der Waals surface area (Å²) in [6.45, 7) is 11.2. The van der Waals surface area contributed by atoms with Crippen LogP contribution in [0, 0.1) is 0 Å². The van der Waals surface area contributed by atoms with Crippen LogP contribution in [0.15, 0.2) is 188 Å². The Morgan fingerprint density at radius 1 is 0.444 bits per heavy atom. The van der Waals surface area contributed by atoms with Gasteiger partial charge in [-0.25, -0.2) is 0 Å². The van der Waals surface area contributed by atoms with Gasteiger partial charge in [-0.15, -0.1) is 0 Å². The minimum absolute atomic E-state index is 0.189. The van der Waals surface area contributed by atoms with E-state index >= 15 is 0 Å². The fourth-order valence-corrected chi connectivity index (χ4v) is 9.18. The number of allylic oxidation sites excluding steroid dienone is 5. The van der Waals surface area contributed by atoms with Gasteiger partial charge >= 0.3 is 0 Å². The molecule has 0 saturated carbocycles. The summed E-state index contributed by atoms with van der Waals surface area (Å²) in [5.41, 5.74) is 12.4. The molecule has 1 aliphatic rings. The van der Waals surface area contributed by atoms with Crippen molar-refractivity contribution in [2.45, 2.75) is 26.2 Å². The highest BCUT2D eigenvalue weighted by Crippen LogP contribution is 2.53. The molecular formula is C54H40. The lowest BCUT2D eigenvalue weighted by atomic mass is 9.78. The third-order valence-corrected chi connectivity index (χ3v) is 11.9. The zero-order chi connectivity index (χ0) is 36.6. The lowest BCUT2D eigenvalue weighted by Crippen LogP contribution is -2.16. The highest BCUT2D eigenvalue weighted by Gasteiger charge is 2.36. The van der Waals surface area contributed by atoms with Crippen molar-refractivity contribution in [3.05, 3.63) is 199 Å². The van der Waals surface area contributed by atoms with E-state index in [0.717, 1.165) is 0 Å². The van der Waals surface area contributed by atoms with E-state index < -0.39 is 0 Å². The Bertz CT molecular complexity index is 3090.